The van der Waals surface area contributed by atoms with Crippen molar-refractivity contribution in [2.45, 2.75) is 124 Å². The average molecular weight is 550 g/mol. The van der Waals surface area contributed by atoms with Gasteiger partial charge in [-0.2, -0.15) is 0 Å². The summed E-state index contributed by atoms with van der Waals surface area (Å²) in [6.45, 7) is 13.6. The zero-order valence-electron chi connectivity index (χ0n) is 26.9. The maximum Gasteiger partial charge on any atom is 0.0637 e. The molecule has 0 saturated heterocycles. The molecule has 1 aliphatic carbocycles. The number of benzene rings is 3. The van der Waals surface area contributed by atoms with Crippen LogP contribution in [-0.2, 0) is 5.54 Å². The van der Waals surface area contributed by atoms with Gasteiger partial charge in [0.05, 0.1) is 5.54 Å². The smallest absolute Gasteiger partial charge is 0.0637 e. The Hall–Kier alpha value is -2.64. The van der Waals surface area contributed by atoms with Gasteiger partial charge in [0.2, 0.25) is 0 Å². The van der Waals surface area contributed by atoms with E-state index in [1.54, 1.807) is 5.57 Å². The molecular weight excluding hydrogens is 494 g/mol. The van der Waals surface area contributed by atoms with Gasteiger partial charge in [0.15, 0.2) is 0 Å². The minimum Gasteiger partial charge on any atom is -0.318 e. The summed E-state index contributed by atoms with van der Waals surface area (Å²) in [5.74, 6) is 0.617. The quantitative estimate of drug-likeness (QED) is 0.199. The van der Waals surface area contributed by atoms with Gasteiger partial charge in [-0.1, -0.05) is 144 Å². The minimum absolute atomic E-state index is 0.495. The Bertz CT molecular complexity index is 1260. The van der Waals surface area contributed by atoms with Crippen molar-refractivity contribution >= 4 is 5.57 Å². The molecule has 1 aliphatic rings. The van der Waals surface area contributed by atoms with Crippen LogP contribution in [0.25, 0.3) is 5.57 Å². The second-order valence-electron chi connectivity index (χ2n) is 13.2. The van der Waals surface area contributed by atoms with E-state index in [0.29, 0.717) is 11.3 Å². The summed E-state index contributed by atoms with van der Waals surface area (Å²) in [7, 11) is 0. The third-order valence-electron chi connectivity index (χ3n) is 9.94. The molecule has 1 saturated carbocycles. The SMILES string of the molecule is CCCCCC1(CC)CC(=C(c2ccc(C)cc2)c2ccc(C(C)(N)c3cccc(C(CCC)CCC)c3)cc2)C1. The summed E-state index contributed by atoms with van der Waals surface area (Å²) in [6, 6.07) is 27.4. The van der Waals surface area contributed by atoms with Gasteiger partial charge in [-0.25, -0.2) is 0 Å². The van der Waals surface area contributed by atoms with Gasteiger partial charge >= 0.3 is 0 Å². The molecule has 1 atom stereocenters. The van der Waals surface area contributed by atoms with Crippen LogP contribution < -0.4 is 5.73 Å². The van der Waals surface area contributed by atoms with Crippen LogP contribution in [0, 0.1) is 12.3 Å². The van der Waals surface area contributed by atoms with Crippen molar-refractivity contribution in [1.82, 2.24) is 0 Å². The molecule has 0 aromatic heterocycles. The fraction of sp³-hybridized carbons (Fsp3) is 0.500. The highest BCUT2D eigenvalue weighted by atomic mass is 14.7. The number of allylic oxidation sites excluding steroid dienone is 1. The highest BCUT2D eigenvalue weighted by Crippen LogP contribution is 2.54. The van der Waals surface area contributed by atoms with E-state index in [4.69, 9.17) is 5.73 Å². The van der Waals surface area contributed by atoms with Crippen LogP contribution in [0.4, 0.5) is 0 Å². The summed E-state index contributed by atoms with van der Waals surface area (Å²) in [6.07, 6.45) is 14.0. The first-order chi connectivity index (χ1) is 19.8. The topological polar surface area (TPSA) is 26.0 Å². The second-order valence-corrected chi connectivity index (χ2v) is 13.2. The molecule has 3 aromatic carbocycles. The molecule has 41 heavy (non-hydrogen) atoms. The summed E-state index contributed by atoms with van der Waals surface area (Å²) >= 11 is 0. The summed E-state index contributed by atoms with van der Waals surface area (Å²) < 4.78 is 0. The first-order valence-corrected chi connectivity index (χ1v) is 16.6. The van der Waals surface area contributed by atoms with E-state index in [2.05, 4.69) is 114 Å². The van der Waals surface area contributed by atoms with Crippen LogP contribution in [0.3, 0.4) is 0 Å². The third-order valence-corrected chi connectivity index (χ3v) is 9.94. The fourth-order valence-electron chi connectivity index (χ4n) is 7.12. The zero-order chi connectivity index (χ0) is 29.5. The largest absolute Gasteiger partial charge is 0.318 e. The number of nitrogens with two attached hydrogens (primary N) is 1. The predicted octanol–water partition coefficient (Wildman–Crippen LogP) is 11.5. The highest BCUT2D eigenvalue weighted by molar-refractivity contribution is 5.83. The van der Waals surface area contributed by atoms with Crippen LogP contribution in [0.15, 0.2) is 78.4 Å². The van der Waals surface area contributed by atoms with Gasteiger partial charge in [0, 0.05) is 0 Å². The lowest BCUT2D eigenvalue weighted by atomic mass is 9.59. The average Bonchev–Trinajstić information content (AvgIpc) is 2.97. The summed E-state index contributed by atoms with van der Waals surface area (Å²) in [5, 5.41) is 0. The maximum atomic E-state index is 7.13. The zero-order valence-corrected chi connectivity index (χ0v) is 26.9. The number of aryl methyl sites for hydroxylation is 1. The van der Waals surface area contributed by atoms with Crippen LogP contribution in [0.5, 0.6) is 0 Å². The van der Waals surface area contributed by atoms with Crippen molar-refractivity contribution in [3.63, 3.8) is 0 Å². The van der Waals surface area contributed by atoms with Crippen molar-refractivity contribution in [2.24, 2.45) is 11.1 Å². The van der Waals surface area contributed by atoms with Crippen LogP contribution in [-0.4, -0.2) is 0 Å². The summed E-state index contributed by atoms with van der Waals surface area (Å²) in [5.41, 5.74) is 17.9. The third kappa shape index (κ3) is 7.23. The Morgan fingerprint density at radius 3 is 1.95 bits per heavy atom. The van der Waals surface area contributed by atoms with E-state index in [-0.39, 0.29) is 0 Å². The fourth-order valence-corrected chi connectivity index (χ4v) is 7.12. The molecule has 0 spiro atoms. The van der Waals surface area contributed by atoms with Gasteiger partial charge in [0.1, 0.15) is 0 Å². The minimum atomic E-state index is -0.540. The van der Waals surface area contributed by atoms with E-state index in [0.717, 1.165) is 0 Å². The summed E-state index contributed by atoms with van der Waals surface area (Å²) in [4.78, 5) is 0. The number of hydrogen-bond acceptors (Lipinski definition) is 1. The molecule has 0 heterocycles. The van der Waals surface area contributed by atoms with Crippen LogP contribution in [0.2, 0.25) is 0 Å². The molecule has 1 fully saturated rings. The Balaban J connectivity index is 1.65. The van der Waals surface area contributed by atoms with Gasteiger partial charge in [-0.05, 0) is 97.1 Å². The van der Waals surface area contributed by atoms with Gasteiger partial charge in [0.25, 0.3) is 0 Å². The van der Waals surface area contributed by atoms with Gasteiger partial charge in [-0.15, -0.1) is 0 Å². The molecule has 220 valence electrons. The molecule has 1 nitrogen and oxygen atoms in total. The lowest BCUT2D eigenvalue weighted by molar-refractivity contribution is 0.172. The van der Waals surface area contributed by atoms with Crippen molar-refractivity contribution in [1.29, 1.82) is 0 Å². The molecule has 0 bridgehead atoms. The van der Waals surface area contributed by atoms with E-state index >= 15 is 0 Å². The van der Waals surface area contributed by atoms with Gasteiger partial charge < -0.3 is 5.73 Å². The van der Waals surface area contributed by atoms with Crippen molar-refractivity contribution in [3.05, 3.63) is 112 Å². The molecule has 1 unspecified atom stereocenters. The van der Waals surface area contributed by atoms with E-state index in [1.807, 2.05) is 0 Å². The number of rotatable bonds is 14. The second kappa shape index (κ2) is 14.0. The van der Waals surface area contributed by atoms with Crippen LogP contribution >= 0.6 is 0 Å². The Kier molecular flexibility index (Phi) is 10.7. The molecule has 0 aliphatic heterocycles. The standard InChI is InChI=1S/C40H55N/c1-7-11-12-26-40(10-4)28-35(29-40)38(32-20-18-30(5)19-21-32)33-22-24-36(25-23-33)39(6,41)37-17-13-16-34(27-37)31(14-8-2)15-9-3/h13,16-25,27,31H,7-12,14-15,26,28-29,41H2,1-6H3. The Morgan fingerprint density at radius 2 is 1.39 bits per heavy atom. The van der Waals surface area contributed by atoms with Gasteiger partial charge in [-0.3, -0.25) is 0 Å². The Labute approximate surface area is 251 Å². The predicted molar refractivity (Wildman–Crippen MR) is 179 cm³/mol. The van der Waals surface area contributed by atoms with Crippen molar-refractivity contribution < 1.29 is 0 Å². The first kappa shape index (κ1) is 31.3. The molecule has 2 N–H and O–H groups in total. The lowest BCUT2D eigenvalue weighted by Gasteiger charge is -2.45. The number of unbranched alkanes of at least 4 members (excludes halogenated alkanes) is 2. The van der Waals surface area contributed by atoms with Crippen molar-refractivity contribution in [3.8, 4) is 0 Å². The lowest BCUT2D eigenvalue weighted by Crippen LogP contribution is -2.34. The van der Waals surface area contributed by atoms with E-state index < -0.39 is 5.54 Å². The molecule has 1 heteroatoms. The molecule has 0 amide bonds. The maximum absolute atomic E-state index is 7.13. The Morgan fingerprint density at radius 1 is 0.780 bits per heavy atom. The molecule has 0 radical (unpaired) electrons. The van der Waals surface area contributed by atoms with Crippen molar-refractivity contribution in [2.75, 3.05) is 0 Å². The monoisotopic (exact) mass is 549 g/mol. The number of hydrogen-bond donors (Lipinski definition) is 1. The molecule has 3 aromatic rings. The molecular formula is C40H55N. The van der Waals surface area contributed by atoms with E-state index in [1.165, 1.54) is 110 Å². The first-order valence-electron chi connectivity index (χ1n) is 16.6. The molecule has 4 rings (SSSR count). The normalized spacial score (nSPS) is 18.3. The highest BCUT2D eigenvalue weighted by Gasteiger charge is 2.40. The van der Waals surface area contributed by atoms with Crippen LogP contribution in [0.1, 0.15) is 145 Å². The van der Waals surface area contributed by atoms with E-state index in [9.17, 15) is 0 Å².